The standard InChI is InChI=1S/C19H26FN3O2/c1-22(11-2-10-21)18(24)9-14-23-12-7-16(8-13-23)19(25)15-3-5-17(20)6-4-15/h3-6,16,19,25H,2,7-9,11-14H2,1H3. The average Bonchev–Trinajstić information content (AvgIpc) is 2.64. The van der Waals surface area contributed by atoms with E-state index >= 15 is 0 Å². The molecule has 2 rings (SSSR count). The molecule has 5 nitrogen and oxygen atoms in total. The summed E-state index contributed by atoms with van der Waals surface area (Å²) in [4.78, 5) is 15.8. The molecule has 1 N–H and O–H groups in total. The molecule has 0 saturated carbocycles. The van der Waals surface area contributed by atoms with Gasteiger partial charge in [-0.05, 0) is 49.5 Å². The van der Waals surface area contributed by atoms with E-state index < -0.39 is 6.10 Å². The number of aliphatic hydroxyl groups is 1. The predicted molar refractivity (Wildman–Crippen MR) is 93.0 cm³/mol. The number of aliphatic hydroxyl groups excluding tert-OH is 1. The van der Waals surface area contributed by atoms with Crippen LogP contribution in [-0.2, 0) is 4.79 Å². The van der Waals surface area contributed by atoms with Crippen LogP contribution in [0.5, 0.6) is 0 Å². The van der Waals surface area contributed by atoms with Crippen molar-refractivity contribution in [1.82, 2.24) is 9.80 Å². The Morgan fingerprint density at radius 2 is 2.04 bits per heavy atom. The molecule has 6 heteroatoms. The van der Waals surface area contributed by atoms with Gasteiger partial charge in [0.05, 0.1) is 18.6 Å². The largest absolute Gasteiger partial charge is 0.388 e. The monoisotopic (exact) mass is 347 g/mol. The number of hydrogen-bond donors (Lipinski definition) is 1. The van der Waals surface area contributed by atoms with Crippen molar-refractivity contribution in [1.29, 1.82) is 5.26 Å². The Morgan fingerprint density at radius 1 is 1.40 bits per heavy atom. The van der Waals surface area contributed by atoms with Crippen molar-refractivity contribution >= 4 is 5.91 Å². The van der Waals surface area contributed by atoms with Crippen LogP contribution in [0.4, 0.5) is 4.39 Å². The molecular formula is C19H26FN3O2. The molecule has 1 unspecified atom stereocenters. The van der Waals surface area contributed by atoms with E-state index in [0.717, 1.165) is 31.5 Å². The third-order valence-electron chi connectivity index (χ3n) is 4.92. The summed E-state index contributed by atoms with van der Waals surface area (Å²) in [5.41, 5.74) is 0.758. The molecule has 0 aliphatic carbocycles. The highest BCUT2D eigenvalue weighted by Gasteiger charge is 2.26. The summed E-state index contributed by atoms with van der Waals surface area (Å²) in [5, 5.41) is 19.0. The third-order valence-corrected chi connectivity index (χ3v) is 4.92. The lowest BCUT2D eigenvalue weighted by Crippen LogP contribution is -2.38. The quantitative estimate of drug-likeness (QED) is 0.822. The average molecular weight is 347 g/mol. The maximum absolute atomic E-state index is 13.0. The van der Waals surface area contributed by atoms with E-state index in [9.17, 15) is 14.3 Å². The number of rotatable bonds is 7. The Hall–Kier alpha value is -1.97. The fraction of sp³-hybridized carbons (Fsp3) is 0.579. The Kier molecular flexibility index (Phi) is 7.35. The molecule has 1 aliphatic heterocycles. The molecule has 1 aliphatic rings. The molecule has 136 valence electrons. The van der Waals surface area contributed by atoms with Gasteiger partial charge in [-0.2, -0.15) is 5.26 Å². The van der Waals surface area contributed by atoms with Crippen molar-refractivity contribution in [2.24, 2.45) is 5.92 Å². The normalized spacial score (nSPS) is 17.0. The number of nitrogens with zero attached hydrogens (tertiary/aromatic N) is 3. The molecule has 1 aromatic rings. The Bertz CT molecular complexity index is 592. The molecule has 0 radical (unpaired) electrons. The second kappa shape index (κ2) is 9.50. The first-order chi connectivity index (χ1) is 12.0. The van der Waals surface area contributed by atoms with Crippen molar-refractivity contribution in [2.45, 2.75) is 31.8 Å². The summed E-state index contributed by atoms with van der Waals surface area (Å²) in [6.07, 6.45) is 1.96. The maximum Gasteiger partial charge on any atom is 0.223 e. The van der Waals surface area contributed by atoms with E-state index in [-0.39, 0.29) is 17.6 Å². The summed E-state index contributed by atoms with van der Waals surface area (Å²) in [7, 11) is 1.73. The lowest BCUT2D eigenvalue weighted by molar-refractivity contribution is -0.130. The second-order valence-electron chi connectivity index (χ2n) is 6.65. The summed E-state index contributed by atoms with van der Waals surface area (Å²) in [5.74, 6) is -0.0744. The zero-order valence-electron chi connectivity index (χ0n) is 14.7. The minimum absolute atomic E-state index is 0.0590. The lowest BCUT2D eigenvalue weighted by Gasteiger charge is -2.34. The molecule has 0 aromatic heterocycles. The molecule has 0 spiro atoms. The number of nitriles is 1. The van der Waals surface area contributed by atoms with E-state index in [2.05, 4.69) is 4.90 Å². The lowest BCUT2D eigenvalue weighted by atomic mass is 9.87. The van der Waals surface area contributed by atoms with Crippen LogP contribution in [-0.4, -0.2) is 54.0 Å². The molecule has 0 bridgehead atoms. The summed E-state index contributed by atoms with van der Waals surface area (Å²) in [6, 6.07) is 8.08. The molecule has 1 saturated heterocycles. The van der Waals surface area contributed by atoms with Crippen LogP contribution >= 0.6 is 0 Å². The van der Waals surface area contributed by atoms with Gasteiger partial charge in [-0.3, -0.25) is 4.79 Å². The minimum Gasteiger partial charge on any atom is -0.388 e. The molecule has 1 heterocycles. The van der Waals surface area contributed by atoms with E-state index in [1.54, 1.807) is 24.1 Å². The van der Waals surface area contributed by atoms with Gasteiger partial charge in [0, 0.05) is 26.6 Å². The van der Waals surface area contributed by atoms with Crippen LogP contribution in [0.25, 0.3) is 0 Å². The van der Waals surface area contributed by atoms with Gasteiger partial charge in [-0.1, -0.05) is 12.1 Å². The van der Waals surface area contributed by atoms with Crippen LogP contribution in [0, 0.1) is 23.1 Å². The number of carbonyl (C=O) groups is 1. The highest BCUT2D eigenvalue weighted by atomic mass is 19.1. The van der Waals surface area contributed by atoms with Gasteiger partial charge in [0.15, 0.2) is 0 Å². The number of likely N-dealkylation sites (tertiary alicyclic amines) is 1. The van der Waals surface area contributed by atoms with Gasteiger partial charge in [0.2, 0.25) is 5.91 Å². The zero-order chi connectivity index (χ0) is 18.2. The van der Waals surface area contributed by atoms with Gasteiger partial charge in [-0.15, -0.1) is 0 Å². The first-order valence-electron chi connectivity index (χ1n) is 8.78. The van der Waals surface area contributed by atoms with Crippen LogP contribution in [0.2, 0.25) is 0 Å². The van der Waals surface area contributed by atoms with Crippen LogP contribution in [0.3, 0.4) is 0 Å². The maximum atomic E-state index is 13.0. The van der Waals surface area contributed by atoms with Crippen LogP contribution in [0.1, 0.15) is 37.4 Å². The highest BCUT2D eigenvalue weighted by Crippen LogP contribution is 2.30. The highest BCUT2D eigenvalue weighted by molar-refractivity contribution is 5.76. The van der Waals surface area contributed by atoms with Crippen molar-refractivity contribution in [3.63, 3.8) is 0 Å². The number of amides is 1. The van der Waals surface area contributed by atoms with E-state index in [4.69, 9.17) is 5.26 Å². The molecule has 1 aromatic carbocycles. The number of hydrogen-bond acceptors (Lipinski definition) is 4. The summed E-state index contributed by atoms with van der Waals surface area (Å²) in [6.45, 7) is 2.87. The van der Waals surface area contributed by atoms with Crippen LogP contribution < -0.4 is 0 Å². The van der Waals surface area contributed by atoms with Gasteiger partial charge < -0.3 is 14.9 Å². The summed E-state index contributed by atoms with van der Waals surface area (Å²) < 4.78 is 13.0. The molecule has 1 amide bonds. The Morgan fingerprint density at radius 3 is 2.64 bits per heavy atom. The van der Waals surface area contributed by atoms with Gasteiger partial charge >= 0.3 is 0 Å². The zero-order valence-corrected chi connectivity index (χ0v) is 14.7. The predicted octanol–water partition coefficient (Wildman–Crippen LogP) is 2.33. The molecular weight excluding hydrogens is 321 g/mol. The number of halogens is 1. The van der Waals surface area contributed by atoms with Crippen molar-refractivity contribution in [3.05, 3.63) is 35.6 Å². The first-order valence-corrected chi connectivity index (χ1v) is 8.78. The molecule has 1 fully saturated rings. The van der Waals surface area contributed by atoms with Crippen molar-refractivity contribution in [3.8, 4) is 6.07 Å². The summed E-state index contributed by atoms with van der Waals surface area (Å²) >= 11 is 0. The minimum atomic E-state index is -0.568. The van der Waals surface area contributed by atoms with Crippen molar-refractivity contribution < 1.29 is 14.3 Å². The van der Waals surface area contributed by atoms with E-state index in [0.29, 0.717) is 25.9 Å². The fourth-order valence-corrected chi connectivity index (χ4v) is 3.21. The number of carbonyl (C=O) groups excluding carboxylic acids is 1. The van der Waals surface area contributed by atoms with Gasteiger partial charge in [-0.25, -0.2) is 4.39 Å². The number of benzene rings is 1. The van der Waals surface area contributed by atoms with Crippen molar-refractivity contribution in [2.75, 3.05) is 33.2 Å². The van der Waals surface area contributed by atoms with Gasteiger partial charge in [0.1, 0.15) is 5.82 Å². The second-order valence-corrected chi connectivity index (χ2v) is 6.65. The van der Waals surface area contributed by atoms with Gasteiger partial charge in [0.25, 0.3) is 0 Å². The third kappa shape index (κ3) is 5.80. The number of piperidine rings is 1. The fourth-order valence-electron chi connectivity index (χ4n) is 3.21. The van der Waals surface area contributed by atoms with E-state index in [1.807, 2.05) is 6.07 Å². The SMILES string of the molecule is CN(CCC#N)C(=O)CCN1CCC(C(O)c2ccc(F)cc2)CC1. The Labute approximate surface area is 148 Å². The Balaban J connectivity index is 1.73. The topological polar surface area (TPSA) is 67.6 Å². The van der Waals surface area contributed by atoms with Crippen LogP contribution in [0.15, 0.2) is 24.3 Å². The smallest absolute Gasteiger partial charge is 0.223 e. The molecule has 25 heavy (non-hydrogen) atoms. The van der Waals surface area contributed by atoms with E-state index in [1.165, 1.54) is 12.1 Å². The first kappa shape index (κ1) is 19.4. The molecule has 1 atom stereocenters.